The highest BCUT2D eigenvalue weighted by Crippen LogP contribution is 2.27. The van der Waals surface area contributed by atoms with Crippen LogP contribution in [0.5, 0.6) is 0 Å². The molecule has 0 aliphatic rings. The summed E-state index contributed by atoms with van der Waals surface area (Å²) in [6.45, 7) is 3.92. The van der Waals surface area contributed by atoms with Gasteiger partial charge in [-0.05, 0) is 42.7 Å². The monoisotopic (exact) mass is 340 g/mol. The van der Waals surface area contributed by atoms with Gasteiger partial charge in [-0.25, -0.2) is 4.98 Å². The smallest absolute Gasteiger partial charge is 0.262 e. The molecule has 0 bridgehead atoms. The van der Waals surface area contributed by atoms with Crippen molar-refractivity contribution < 1.29 is 0 Å². The fourth-order valence-electron chi connectivity index (χ4n) is 3.49. The van der Waals surface area contributed by atoms with Crippen molar-refractivity contribution in [3.63, 3.8) is 0 Å². The maximum atomic E-state index is 13.4. The summed E-state index contributed by atoms with van der Waals surface area (Å²) >= 11 is 0. The van der Waals surface area contributed by atoms with Crippen LogP contribution in [0.15, 0.2) is 83.7 Å². The average Bonchev–Trinajstić information content (AvgIpc) is 2.66. The Morgan fingerprint density at radius 1 is 0.808 bits per heavy atom. The Kier molecular flexibility index (Phi) is 4.13. The highest BCUT2D eigenvalue weighted by molar-refractivity contribution is 5.78. The van der Waals surface area contributed by atoms with E-state index < -0.39 is 0 Å². The van der Waals surface area contributed by atoms with Crippen LogP contribution in [0.25, 0.3) is 10.9 Å². The molecular formula is C23H20N2O. The minimum atomic E-state index is -0.205. The Balaban J connectivity index is 2.03. The zero-order valence-electron chi connectivity index (χ0n) is 14.9. The highest BCUT2D eigenvalue weighted by Gasteiger charge is 2.21. The molecular weight excluding hydrogens is 320 g/mol. The molecule has 0 aliphatic carbocycles. The van der Waals surface area contributed by atoms with E-state index >= 15 is 0 Å². The first-order valence-corrected chi connectivity index (χ1v) is 8.74. The molecule has 0 saturated carbocycles. The van der Waals surface area contributed by atoms with Crippen LogP contribution in [0, 0.1) is 13.8 Å². The summed E-state index contributed by atoms with van der Waals surface area (Å²) in [5, 5.41) is 0.651. The Hall–Kier alpha value is -3.20. The number of benzene rings is 3. The second-order valence-corrected chi connectivity index (χ2v) is 6.58. The number of rotatable bonds is 3. The van der Waals surface area contributed by atoms with E-state index in [1.807, 2.05) is 73.0 Å². The third-order valence-corrected chi connectivity index (χ3v) is 4.72. The minimum absolute atomic E-state index is 0.00907. The first kappa shape index (κ1) is 16.3. The lowest BCUT2D eigenvalue weighted by Gasteiger charge is -2.23. The van der Waals surface area contributed by atoms with E-state index in [9.17, 15) is 4.79 Å². The summed E-state index contributed by atoms with van der Waals surface area (Å²) in [4.78, 5) is 18.1. The number of fused-ring (bicyclic) bond motifs is 1. The van der Waals surface area contributed by atoms with Crippen LogP contribution in [0.3, 0.4) is 0 Å². The van der Waals surface area contributed by atoms with Gasteiger partial charge < -0.3 is 0 Å². The van der Waals surface area contributed by atoms with E-state index in [1.54, 1.807) is 0 Å². The van der Waals surface area contributed by atoms with Crippen LogP contribution >= 0.6 is 0 Å². The third kappa shape index (κ3) is 2.82. The standard InChI is InChI=1S/C23H20N2O/c1-16-13-14-20-21(15-16)24-17(2)25(23(20)26)22(18-9-5-3-6-10-18)19-11-7-4-8-12-19/h3-15,22H,1-2H3. The van der Waals surface area contributed by atoms with Gasteiger partial charge in [-0.2, -0.15) is 0 Å². The van der Waals surface area contributed by atoms with Crippen molar-refractivity contribution in [1.82, 2.24) is 9.55 Å². The first-order valence-electron chi connectivity index (χ1n) is 8.74. The minimum Gasteiger partial charge on any atom is -0.285 e. The van der Waals surface area contributed by atoms with Crippen molar-refractivity contribution in [3.05, 3.63) is 112 Å². The zero-order valence-corrected chi connectivity index (χ0v) is 14.9. The summed E-state index contributed by atoms with van der Waals surface area (Å²) in [6.07, 6.45) is 0. The SMILES string of the molecule is Cc1ccc2c(=O)n(C(c3ccccc3)c3ccccc3)c(C)nc2c1. The van der Waals surface area contributed by atoms with Gasteiger partial charge in [0.2, 0.25) is 0 Å². The van der Waals surface area contributed by atoms with Crippen molar-refractivity contribution in [3.8, 4) is 0 Å². The van der Waals surface area contributed by atoms with E-state index in [4.69, 9.17) is 4.98 Å². The summed E-state index contributed by atoms with van der Waals surface area (Å²) < 4.78 is 1.81. The lowest BCUT2D eigenvalue weighted by atomic mass is 9.98. The summed E-state index contributed by atoms with van der Waals surface area (Å²) in [6, 6.07) is 25.8. The predicted molar refractivity (Wildman–Crippen MR) is 106 cm³/mol. The first-order chi connectivity index (χ1) is 12.6. The van der Waals surface area contributed by atoms with Gasteiger partial charge in [0.15, 0.2) is 0 Å². The number of hydrogen-bond acceptors (Lipinski definition) is 2. The molecule has 0 amide bonds. The average molecular weight is 340 g/mol. The van der Waals surface area contributed by atoms with Crippen LogP contribution in [0.2, 0.25) is 0 Å². The summed E-state index contributed by atoms with van der Waals surface area (Å²) in [5.41, 5.74) is 3.98. The maximum Gasteiger partial charge on any atom is 0.262 e. The summed E-state index contributed by atoms with van der Waals surface area (Å²) in [5.74, 6) is 0.714. The summed E-state index contributed by atoms with van der Waals surface area (Å²) in [7, 11) is 0. The highest BCUT2D eigenvalue weighted by atomic mass is 16.1. The van der Waals surface area contributed by atoms with Gasteiger partial charge >= 0.3 is 0 Å². The number of aryl methyl sites for hydroxylation is 2. The Bertz CT molecular complexity index is 1080. The van der Waals surface area contributed by atoms with Crippen LogP contribution < -0.4 is 5.56 Å². The number of aromatic nitrogens is 2. The van der Waals surface area contributed by atoms with E-state index in [0.29, 0.717) is 11.2 Å². The van der Waals surface area contributed by atoms with Gasteiger partial charge in [-0.1, -0.05) is 66.7 Å². The van der Waals surface area contributed by atoms with Crippen LogP contribution in [0.4, 0.5) is 0 Å². The van der Waals surface area contributed by atoms with Crippen molar-refractivity contribution >= 4 is 10.9 Å². The Morgan fingerprint density at radius 2 is 1.38 bits per heavy atom. The molecule has 1 aromatic heterocycles. The molecule has 128 valence electrons. The van der Waals surface area contributed by atoms with Crippen LogP contribution in [-0.4, -0.2) is 9.55 Å². The van der Waals surface area contributed by atoms with Crippen molar-refractivity contribution in [2.75, 3.05) is 0 Å². The molecule has 3 heteroatoms. The Morgan fingerprint density at radius 3 is 1.96 bits per heavy atom. The molecule has 0 fully saturated rings. The molecule has 0 N–H and O–H groups in total. The molecule has 1 heterocycles. The Labute approximate surface area is 152 Å². The molecule has 3 nitrogen and oxygen atoms in total. The van der Waals surface area contributed by atoms with E-state index in [2.05, 4.69) is 24.3 Å². The maximum absolute atomic E-state index is 13.4. The van der Waals surface area contributed by atoms with Crippen molar-refractivity contribution in [1.29, 1.82) is 0 Å². The van der Waals surface area contributed by atoms with Gasteiger partial charge in [0, 0.05) is 0 Å². The second-order valence-electron chi connectivity index (χ2n) is 6.58. The molecule has 0 unspecified atom stereocenters. The van der Waals surface area contributed by atoms with Gasteiger partial charge in [-0.15, -0.1) is 0 Å². The molecule has 4 aromatic rings. The fourth-order valence-corrected chi connectivity index (χ4v) is 3.49. The van der Waals surface area contributed by atoms with Gasteiger partial charge in [0.25, 0.3) is 5.56 Å². The fraction of sp³-hybridized carbons (Fsp3) is 0.130. The number of nitrogens with zero attached hydrogens (tertiary/aromatic N) is 2. The van der Waals surface area contributed by atoms with E-state index in [1.165, 1.54) is 0 Å². The lowest BCUT2D eigenvalue weighted by molar-refractivity contribution is 0.619. The van der Waals surface area contributed by atoms with Crippen LogP contribution in [0.1, 0.15) is 28.6 Å². The van der Waals surface area contributed by atoms with Gasteiger partial charge in [0.1, 0.15) is 5.82 Å². The topological polar surface area (TPSA) is 34.9 Å². The van der Waals surface area contributed by atoms with E-state index in [0.717, 1.165) is 22.2 Å². The molecule has 26 heavy (non-hydrogen) atoms. The molecule has 0 atom stereocenters. The normalized spacial score (nSPS) is 11.2. The van der Waals surface area contributed by atoms with Crippen molar-refractivity contribution in [2.24, 2.45) is 0 Å². The van der Waals surface area contributed by atoms with Crippen molar-refractivity contribution in [2.45, 2.75) is 19.9 Å². The van der Waals surface area contributed by atoms with E-state index in [-0.39, 0.29) is 11.6 Å². The van der Waals surface area contributed by atoms with Gasteiger partial charge in [-0.3, -0.25) is 9.36 Å². The molecule has 0 radical (unpaired) electrons. The largest absolute Gasteiger partial charge is 0.285 e. The molecule has 0 saturated heterocycles. The number of hydrogen-bond donors (Lipinski definition) is 0. The molecule has 0 aliphatic heterocycles. The lowest BCUT2D eigenvalue weighted by Crippen LogP contribution is -2.29. The van der Waals surface area contributed by atoms with Gasteiger partial charge in [0.05, 0.1) is 16.9 Å². The third-order valence-electron chi connectivity index (χ3n) is 4.72. The second kappa shape index (κ2) is 6.60. The van der Waals surface area contributed by atoms with Crippen LogP contribution in [-0.2, 0) is 0 Å². The quantitative estimate of drug-likeness (QED) is 0.544. The molecule has 4 rings (SSSR count). The zero-order chi connectivity index (χ0) is 18.1. The molecule has 0 spiro atoms. The predicted octanol–water partition coefficient (Wildman–Crippen LogP) is 4.65. The molecule has 3 aromatic carbocycles.